The molecule has 0 saturated heterocycles. The number of ether oxygens (including phenoxy) is 2. The van der Waals surface area contributed by atoms with Crippen molar-refractivity contribution in [2.45, 2.75) is 117 Å². The predicted molar refractivity (Wildman–Crippen MR) is 127 cm³/mol. The largest absolute Gasteiger partial charge is 0.423 e. The molecule has 0 aromatic heterocycles. The molecule has 0 aliphatic rings. The molecule has 1 aromatic rings. The minimum Gasteiger partial charge on any atom is -0.423 e. The summed E-state index contributed by atoms with van der Waals surface area (Å²) in [5.41, 5.74) is 0. The molecule has 0 aliphatic carbocycles. The fraction of sp³-hybridized carbons (Fsp3) is 0.704. The zero-order valence-electron chi connectivity index (χ0n) is 20.1. The summed E-state index contributed by atoms with van der Waals surface area (Å²) in [4.78, 5) is 25.0. The average Bonchev–Trinajstić information content (AvgIpc) is 2.76. The highest BCUT2D eigenvalue weighted by Crippen LogP contribution is 2.29. The van der Waals surface area contributed by atoms with E-state index in [9.17, 15) is 9.59 Å². The van der Waals surface area contributed by atoms with Gasteiger partial charge in [0.15, 0.2) is 11.5 Å². The van der Waals surface area contributed by atoms with Crippen LogP contribution in [0, 0.1) is 5.92 Å². The molecule has 0 saturated carbocycles. The van der Waals surface area contributed by atoms with Crippen molar-refractivity contribution in [1.82, 2.24) is 0 Å². The third kappa shape index (κ3) is 12.6. The SMILES string of the molecule is CCCCCCCCCCC(=O)Oc1ccccc1OC(=O)C(CCC)CCCCC. The first kappa shape index (κ1) is 27.2. The highest BCUT2D eigenvalue weighted by molar-refractivity contribution is 5.77. The highest BCUT2D eigenvalue weighted by atomic mass is 16.6. The first-order chi connectivity index (χ1) is 15.1. The molecule has 1 atom stereocenters. The van der Waals surface area contributed by atoms with Gasteiger partial charge in [-0.25, -0.2) is 0 Å². The zero-order chi connectivity index (χ0) is 22.7. The molecule has 4 heteroatoms. The Balaban J connectivity index is 2.47. The van der Waals surface area contributed by atoms with Gasteiger partial charge in [-0.15, -0.1) is 0 Å². The van der Waals surface area contributed by atoms with Crippen molar-refractivity contribution >= 4 is 11.9 Å². The van der Waals surface area contributed by atoms with Gasteiger partial charge in [-0.1, -0.05) is 104 Å². The van der Waals surface area contributed by atoms with Gasteiger partial charge in [0.1, 0.15) is 0 Å². The van der Waals surface area contributed by atoms with Crippen LogP contribution in [0.15, 0.2) is 24.3 Å². The minimum absolute atomic E-state index is 0.0994. The molecule has 1 unspecified atom stereocenters. The molecule has 0 spiro atoms. The van der Waals surface area contributed by atoms with Crippen molar-refractivity contribution in [2.75, 3.05) is 0 Å². The van der Waals surface area contributed by atoms with E-state index in [1.54, 1.807) is 24.3 Å². The van der Waals surface area contributed by atoms with Gasteiger partial charge in [-0.3, -0.25) is 9.59 Å². The minimum atomic E-state index is -0.262. The summed E-state index contributed by atoms with van der Waals surface area (Å²) in [5.74, 6) is 0.0993. The summed E-state index contributed by atoms with van der Waals surface area (Å²) < 4.78 is 11.2. The van der Waals surface area contributed by atoms with Crippen molar-refractivity contribution in [3.8, 4) is 11.5 Å². The van der Waals surface area contributed by atoms with E-state index in [4.69, 9.17) is 9.47 Å². The number of carbonyl (C=O) groups is 2. The van der Waals surface area contributed by atoms with Crippen molar-refractivity contribution in [2.24, 2.45) is 5.92 Å². The maximum atomic E-state index is 12.7. The number of carbonyl (C=O) groups excluding carboxylic acids is 2. The molecule has 31 heavy (non-hydrogen) atoms. The van der Waals surface area contributed by atoms with E-state index in [0.29, 0.717) is 17.9 Å². The Morgan fingerprint density at radius 3 is 1.84 bits per heavy atom. The van der Waals surface area contributed by atoms with E-state index >= 15 is 0 Å². The van der Waals surface area contributed by atoms with Crippen LogP contribution in [0.3, 0.4) is 0 Å². The highest BCUT2D eigenvalue weighted by Gasteiger charge is 2.21. The van der Waals surface area contributed by atoms with Gasteiger partial charge in [0.05, 0.1) is 5.92 Å². The van der Waals surface area contributed by atoms with Crippen LogP contribution in [0.4, 0.5) is 0 Å². The molecular weight excluding hydrogens is 388 g/mol. The van der Waals surface area contributed by atoms with E-state index in [1.807, 2.05) is 0 Å². The lowest BCUT2D eigenvalue weighted by atomic mass is 9.97. The number of benzene rings is 1. The molecule has 0 bridgehead atoms. The zero-order valence-corrected chi connectivity index (χ0v) is 20.1. The van der Waals surface area contributed by atoms with Crippen LogP contribution in [0.2, 0.25) is 0 Å². The number of hydrogen-bond acceptors (Lipinski definition) is 4. The fourth-order valence-electron chi connectivity index (χ4n) is 3.76. The number of rotatable bonds is 18. The molecule has 0 radical (unpaired) electrons. The molecule has 0 heterocycles. The van der Waals surface area contributed by atoms with E-state index < -0.39 is 0 Å². The summed E-state index contributed by atoms with van der Waals surface area (Å²) in [6.07, 6.45) is 15.8. The van der Waals surface area contributed by atoms with Crippen LogP contribution in [0.25, 0.3) is 0 Å². The van der Waals surface area contributed by atoms with Gasteiger partial charge in [-0.2, -0.15) is 0 Å². The van der Waals surface area contributed by atoms with Gasteiger partial charge in [0.25, 0.3) is 0 Å². The fourth-order valence-corrected chi connectivity index (χ4v) is 3.76. The van der Waals surface area contributed by atoms with Crippen molar-refractivity contribution in [3.63, 3.8) is 0 Å². The standard InChI is InChI=1S/C27H44O4/c1-4-7-9-10-11-12-13-15-22-26(28)30-24-20-16-17-21-25(24)31-27(29)23(18-6-3)19-14-8-5-2/h16-17,20-21,23H,4-15,18-19,22H2,1-3H3. The van der Waals surface area contributed by atoms with E-state index in [2.05, 4.69) is 20.8 Å². The first-order valence-electron chi connectivity index (χ1n) is 12.6. The second-order valence-electron chi connectivity index (χ2n) is 8.55. The van der Waals surface area contributed by atoms with Crippen LogP contribution < -0.4 is 9.47 Å². The summed E-state index contributed by atoms with van der Waals surface area (Å²) >= 11 is 0. The number of unbranched alkanes of at least 4 members (excludes halogenated alkanes) is 9. The van der Waals surface area contributed by atoms with Gasteiger partial charge < -0.3 is 9.47 Å². The van der Waals surface area contributed by atoms with E-state index in [1.165, 1.54) is 38.5 Å². The maximum Gasteiger partial charge on any atom is 0.314 e. The van der Waals surface area contributed by atoms with E-state index in [0.717, 1.165) is 51.4 Å². The third-order valence-corrected chi connectivity index (χ3v) is 5.64. The van der Waals surface area contributed by atoms with Crippen LogP contribution in [-0.4, -0.2) is 11.9 Å². The summed E-state index contributed by atoms with van der Waals surface area (Å²) in [7, 11) is 0. The Labute approximate surface area is 190 Å². The van der Waals surface area contributed by atoms with Crippen molar-refractivity contribution < 1.29 is 19.1 Å². The predicted octanol–water partition coefficient (Wildman–Crippen LogP) is 8.02. The topological polar surface area (TPSA) is 52.6 Å². The molecule has 0 fully saturated rings. The summed E-state index contributed by atoms with van der Waals surface area (Å²) in [5, 5.41) is 0. The van der Waals surface area contributed by atoms with Gasteiger partial charge in [0.2, 0.25) is 0 Å². The Hall–Kier alpha value is -1.84. The normalized spacial score (nSPS) is 11.8. The molecule has 176 valence electrons. The number of esters is 2. The Morgan fingerprint density at radius 2 is 1.23 bits per heavy atom. The van der Waals surface area contributed by atoms with Crippen molar-refractivity contribution in [1.29, 1.82) is 0 Å². The molecule has 1 aromatic carbocycles. The van der Waals surface area contributed by atoms with Gasteiger partial charge in [-0.05, 0) is 31.4 Å². The molecule has 0 aliphatic heterocycles. The van der Waals surface area contributed by atoms with Gasteiger partial charge in [0, 0.05) is 6.42 Å². The monoisotopic (exact) mass is 432 g/mol. The van der Waals surface area contributed by atoms with E-state index in [-0.39, 0.29) is 17.9 Å². The summed E-state index contributed by atoms with van der Waals surface area (Å²) in [6.45, 7) is 6.47. The van der Waals surface area contributed by atoms with Crippen LogP contribution >= 0.6 is 0 Å². The lowest BCUT2D eigenvalue weighted by Gasteiger charge is -2.16. The van der Waals surface area contributed by atoms with Crippen LogP contribution in [0.5, 0.6) is 11.5 Å². The smallest absolute Gasteiger partial charge is 0.314 e. The molecular formula is C27H44O4. The average molecular weight is 433 g/mol. The molecule has 0 N–H and O–H groups in total. The van der Waals surface area contributed by atoms with Crippen LogP contribution in [-0.2, 0) is 9.59 Å². The molecule has 1 rings (SSSR count). The number of hydrogen-bond donors (Lipinski definition) is 0. The second-order valence-corrected chi connectivity index (χ2v) is 8.55. The number of para-hydroxylation sites is 2. The second kappa shape index (κ2) is 17.8. The lowest BCUT2D eigenvalue weighted by molar-refractivity contribution is -0.140. The quantitative estimate of drug-likeness (QED) is 0.134. The third-order valence-electron chi connectivity index (χ3n) is 5.64. The first-order valence-corrected chi connectivity index (χ1v) is 12.6. The molecule has 4 nitrogen and oxygen atoms in total. The lowest BCUT2D eigenvalue weighted by Crippen LogP contribution is -2.21. The summed E-state index contributed by atoms with van der Waals surface area (Å²) in [6, 6.07) is 6.98. The maximum absolute atomic E-state index is 12.7. The Bertz CT molecular complexity index is 611. The van der Waals surface area contributed by atoms with Crippen LogP contribution in [0.1, 0.15) is 117 Å². The Kier molecular flexibility index (Phi) is 15.6. The molecule has 0 amide bonds. The van der Waals surface area contributed by atoms with Gasteiger partial charge >= 0.3 is 11.9 Å². The Morgan fingerprint density at radius 1 is 0.677 bits per heavy atom. The van der Waals surface area contributed by atoms with Crippen molar-refractivity contribution in [3.05, 3.63) is 24.3 Å².